The van der Waals surface area contributed by atoms with E-state index in [1.807, 2.05) is 0 Å². The van der Waals surface area contributed by atoms with Crippen LogP contribution in [0.25, 0.3) is 6.08 Å². The van der Waals surface area contributed by atoms with Crippen molar-refractivity contribution in [2.45, 2.75) is 0 Å². The molecule has 0 unspecified atom stereocenters. The van der Waals surface area contributed by atoms with Crippen LogP contribution in [-0.4, -0.2) is 29.9 Å². The molecule has 1 N–H and O–H groups in total. The lowest BCUT2D eigenvalue weighted by Gasteiger charge is -2.14. The molecule has 1 aliphatic heterocycles. The number of nitrogens with zero attached hydrogens (tertiary/aromatic N) is 1. The van der Waals surface area contributed by atoms with Gasteiger partial charge in [0.2, 0.25) is 0 Å². The van der Waals surface area contributed by atoms with E-state index in [1.54, 1.807) is 72.8 Å². The fourth-order valence-electron chi connectivity index (χ4n) is 3.23. The summed E-state index contributed by atoms with van der Waals surface area (Å²) in [5.74, 6) is 0.241. The first-order valence-corrected chi connectivity index (χ1v) is 12.2. The van der Waals surface area contributed by atoms with Gasteiger partial charge in [-0.15, -0.1) is 0 Å². The number of carbonyl (C=O) groups excluding carboxylic acids is 2. The highest BCUT2D eigenvalue weighted by atomic mass is 35.5. The van der Waals surface area contributed by atoms with Gasteiger partial charge in [0.1, 0.15) is 0 Å². The van der Waals surface area contributed by atoms with Gasteiger partial charge < -0.3 is 14.8 Å². The molecular weight excluding hydrogens is 527 g/mol. The van der Waals surface area contributed by atoms with E-state index in [-0.39, 0.29) is 18.4 Å². The molecule has 3 aromatic rings. The van der Waals surface area contributed by atoms with E-state index in [9.17, 15) is 9.59 Å². The number of carbonyl (C=O) groups is 2. The average molecular weight is 545 g/mol. The highest BCUT2D eigenvalue weighted by Gasteiger charge is 2.33. The Morgan fingerprint density at radius 3 is 2.54 bits per heavy atom. The molecule has 0 saturated carbocycles. The van der Waals surface area contributed by atoms with E-state index in [2.05, 4.69) is 5.32 Å². The zero-order valence-electron chi connectivity index (χ0n) is 18.3. The first kappa shape index (κ1) is 25.1. The van der Waals surface area contributed by atoms with Crippen LogP contribution < -0.4 is 19.7 Å². The molecule has 0 bridgehead atoms. The van der Waals surface area contributed by atoms with Crippen molar-refractivity contribution >= 4 is 80.8 Å². The zero-order chi connectivity index (χ0) is 24.9. The highest BCUT2D eigenvalue weighted by Crippen LogP contribution is 2.37. The van der Waals surface area contributed by atoms with E-state index in [0.717, 1.165) is 0 Å². The third-order valence-corrected chi connectivity index (χ3v) is 6.62. The third-order valence-electron chi connectivity index (χ3n) is 4.83. The number of amides is 2. The maximum atomic E-state index is 13.0. The Kier molecular flexibility index (Phi) is 7.97. The van der Waals surface area contributed by atoms with Crippen molar-refractivity contribution in [1.29, 1.82) is 0 Å². The summed E-state index contributed by atoms with van der Waals surface area (Å²) in [5, 5.41) is 3.81. The monoisotopic (exact) mass is 544 g/mol. The summed E-state index contributed by atoms with van der Waals surface area (Å²) in [6.45, 7) is -0.220. The van der Waals surface area contributed by atoms with Crippen molar-refractivity contribution in [1.82, 2.24) is 0 Å². The Labute approximate surface area is 221 Å². The molecule has 1 saturated heterocycles. The minimum atomic E-state index is -0.343. The Bertz CT molecular complexity index is 1330. The van der Waals surface area contributed by atoms with Gasteiger partial charge in [-0.25, -0.2) is 0 Å². The second-order valence-electron chi connectivity index (χ2n) is 7.25. The highest BCUT2D eigenvalue weighted by molar-refractivity contribution is 8.27. The number of ether oxygens (including phenoxy) is 2. The van der Waals surface area contributed by atoms with Crippen molar-refractivity contribution in [2.24, 2.45) is 0 Å². The first-order chi connectivity index (χ1) is 16.8. The molecule has 0 spiro atoms. The Balaban J connectivity index is 1.45. The molecule has 35 heavy (non-hydrogen) atoms. The minimum absolute atomic E-state index is 0.220. The number of anilines is 2. The van der Waals surface area contributed by atoms with Crippen molar-refractivity contribution in [2.75, 3.05) is 23.9 Å². The molecule has 1 fully saturated rings. The van der Waals surface area contributed by atoms with E-state index in [1.165, 1.54) is 23.8 Å². The van der Waals surface area contributed by atoms with E-state index in [0.29, 0.717) is 47.7 Å². The molecule has 4 rings (SSSR count). The normalized spacial score (nSPS) is 14.4. The van der Waals surface area contributed by atoms with E-state index >= 15 is 0 Å². The van der Waals surface area contributed by atoms with E-state index < -0.39 is 0 Å². The van der Waals surface area contributed by atoms with Crippen LogP contribution in [0.15, 0.2) is 71.6 Å². The van der Waals surface area contributed by atoms with Gasteiger partial charge in [0.25, 0.3) is 11.8 Å². The smallest absolute Gasteiger partial charge is 0.270 e. The topological polar surface area (TPSA) is 67.9 Å². The number of thioether (sulfide) groups is 1. The molecule has 0 aliphatic carbocycles. The summed E-state index contributed by atoms with van der Waals surface area (Å²) in [6.07, 6.45) is 1.73. The number of hydrogen-bond donors (Lipinski definition) is 1. The van der Waals surface area contributed by atoms with Crippen molar-refractivity contribution < 1.29 is 19.1 Å². The number of benzene rings is 3. The molecule has 3 aromatic carbocycles. The lowest BCUT2D eigenvalue weighted by atomic mass is 10.2. The van der Waals surface area contributed by atoms with Crippen molar-refractivity contribution in [3.8, 4) is 11.5 Å². The maximum Gasteiger partial charge on any atom is 0.270 e. The van der Waals surface area contributed by atoms with Crippen LogP contribution >= 0.6 is 47.2 Å². The predicted octanol–water partition coefficient (Wildman–Crippen LogP) is 6.43. The SMILES string of the molecule is COc1cc(/C=C2\SC(=S)N(c3ccc(Cl)cc3)C2=O)ccc1OCC(=O)Nc1cccc(Cl)c1. The molecule has 2 amide bonds. The largest absolute Gasteiger partial charge is 0.493 e. The van der Waals surface area contributed by atoms with E-state index in [4.69, 9.17) is 44.9 Å². The van der Waals surface area contributed by atoms with Crippen LogP contribution in [-0.2, 0) is 9.59 Å². The van der Waals surface area contributed by atoms with Crippen molar-refractivity contribution in [3.63, 3.8) is 0 Å². The summed E-state index contributed by atoms with van der Waals surface area (Å²) in [4.78, 5) is 27.2. The van der Waals surface area contributed by atoms with Crippen LogP contribution in [0.3, 0.4) is 0 Å². The van der Waals surface area contributed by atoms with Gasteiger partial charge in [0, 0.05) is 15.7 Å². The van der Waals surface area contributed by atoms with Crippen LogP contribution in [0.5, 0.6) is 11.5 Å². The van der Waals surface area contributed by atoms with Gasteiger partial charge in [0.15, 0.2) is 22.4 Å². The number of hydrogen-bond acceptors (Lipinski definition) is 6. The zero-order valence-corrected chi connectivity index (χ0v) is 21.4. The Morgan fingerprint density at radius 2 is 1.83 bits per heavy atom. The molecule has 0 atom stereocenters. The first-order valence-electron chi connectivity index (χ1n) is 10.2. The number of nitrogens with one attached hydrogen (secondary N) is 1. The molecule has 0 aromatic heterocycles. The van der Waals surface area contributed by atoms with Gasteiger partial charge in [-0.2, -0.15) is 0 Å². The molecular formula is C25H18Cl2N2O4S2. The molecule has 6 nitrogen and oxygen atoms in total. The summed E-state index contributed by atoms with van der Waals surface area (Å²) < 4.78 is 11.5. The number of thiocarbonyl (C=S) groups is 1. The summed E-state index contributed by atoms with van der Waals surface area (Å²) in [6, 6.07) is 18.9. The Hall–Kier alpha value is -3.04. The summed E-state index contributed by atoms with van der Waals surface area (Å²) >= 11 is 18.5. The summed E-state index contributed by atoms with van der Waals surface area (Å²) in [5.41, 5.74) is 1.94. The predicted molar refractivity (Wildman–Crippen MR) is 146 cm³/mol. The van der Waals surface area contributed by atoms with Crippen LogP contribution in [0.2, 0.25) is 10.0 Å². The lowest BCUT2D eigenvalue weighted by molar-refractivity contribution is -0.118. The van der Waals surface area contributed by atoms with Gasteiger partial charge in [-0.3, -0.25) is 14.5 Å². The van der Waals surface area contributed by atoms with Gasteiger partial charge in [0.05, 0.1) is 17.7 Å². The molecule has 10 heteroatoms. The lowest BCUT2D eigenvalue weighted by Crippen LogP contribution is -2.27. The standard InChI is InChI=1S/C25H18Cl2N2O4S2/c1-32-21-11-15(5-10-20(21)33-14-23(30)28-18-4-2-3-17(27)13-18)12-22-24(31)29(25(34)35-22)19-8-6-16(26)7-9-19/h2-13H,14H2,1H3,(H,28,30)/b22-12-. The molecule has 0 radical (unpaired) electrons. The molecule has 1 heterocycles. The van der Waals surface area contributed by atoms with Gasteiger partial charge in [-0.05, 0) is 66.2 Å². The number of methoxy groups -OCH3 is 1. The fourth-order valence-corrected chi connectivity index (χ4v) is 4.85. The van der Waals surface area contributed by atoms with Gasteiger partial charge >= 0.3 is 0 Å². The summed E-state index contributed by atoms with van der Waals surface area (Å²) in [7, 11) is 1.50. The third kappa shape index (κ3) is 6.15. The second kappa shape index (κ2) is 11.1. The van der Waals surface area contributed by atoms with Crippen LogP contribution in [0, 0.1) is 0 Å². The second-order valence-corrected chi connectivity index (χ2v) is 9.80. The molecule has 1 aliphatic rings. The van der Waals surface area contributed by atoms with Crippen LogP contribution in [0.4, 0.5) is 11.4 Å². The maximum absolute atomic E-state index is 13.0. The Morgan fingerprint density at radius 1 is 1.06 bits per heavy atom. The minimum Gasteiger partial charge on any atom is -0.493 e. The quantitative estimate of drug-likeness (QED) is 0.273. The number of halogens is 2. The van der Waals surface area contributed by atoms with Crippen LogP contribution in [0.1, 0.15) is 5.56 Å². The van der Waals surface area contributed by atoms with Crippen molar-refractivity contribution in [3.05, 3.63) is 87.2 Å². The van der Waals surface area contributed by atoms with Gasteiger partial charge in [-0.1, -0.05) is 59.3 Å². The fraction of sp³-hybridized carbons (Fsp3) is 0.0800. The molecule has 178 valence electrons. The number of rotatable bonds is 7. The average Bonchev–Trinajstić information content (AvgIpc) is 3.11.